The number of hydrogen-bond donors (Lipinski definition) is 2. The van der Waals surface area contributed by atoms with Crippen molar-refractivity contribution in [1.29, 1.82) is 0 Å². The first kappa shape index (κ1) is 10.9. The first-order chi connectivity index (χ1) is 5.34. The largest absolute Gasteiger partial charge is 0.391 e. The maximum absolute atomic E-state index is 9.23. The molecule has 1 heterocycles. The van der Waals surface area contributed by atoms with Gasteiger partial charge < -0.3 is 15.2 Å². The van der Waals surface area contributed by atoms with Crippen LogP contribution in [0.3, 0.4) is 0 Å². The molecule has 1 aliphatic heterocycles. The van der Waals surface area contributed by atoms with Crippen LogP contribution < -0.4 is 5.32 Å². The summed E-state index contributed by atoms with van der Waals surface area (Å²) < 4.78 is 5.12. The van der Waals surface area contributed by atoms with Crippen LogP contribution in [0.25, 0.3) is 0 Å². The Hall–Kier alpha value is -0.120. The zero-order chi connectivity index (χ0) is 8.69. The van der Waals surface area contributed by atoms with Crippen molar-refractivity contribution in [2.45, 2.75) is 32.4 Å². The van der Waals surface area contributed by atoms with E-state index in [0.717, 1.165) is 6.42 Å². The normalized spacial score (nSPS) is 30.5. The van der Waals surface area contributed by atoms with E-state index in [1.807, 2.05) is 20.9 Å². The highest BCUT2D eigenvalue weighted by molar-refractivity contribution is 4.76. The van der Waals surface area contributed by atoms with Crippen molar-refractivity contribution in [2.75, 3.05) is 20.3 Å². The molecular formula is C8H19NO2. The number of hydrogen-bond acceptors (Lipinski definition) is 3. The topological polar surface area (TPSA) is 41.5 Å². The summed E-state index contributed by atoms with van der Waals surface area (Å²) in [5, 5.41) is 12.2. The van der Waals surface area contributed by atoms with Crippen LogP contribution in [-0.2, 0) is 4.74 Å². The van der Waals surface area contributed by atoms with Gasteiger partial charge in [-0.1, -0.05) is 13.8 Å². The van der Waals surface area contributed by atoms with Crippen molar-refractivity contribution in [3.63, 3.8) is 0 Å². The highest BCUT2D eigenvalue weighted by Gasteiger charge is 2.21. The summed E-state index contributed by atoms with van der Waals surface area (Å²) in [5.41, 5.74) is 0. The van der Waals surface area contributed by atoms with Crippen LogP contribution in [0, 0.1) is 0 Å². The van der Waals surface area contributed by atoms with Crippen LogP contribution in [-0.4, -0.2) is 37.5 Å². The maximum Gasteiger partial charge on any atom is 0.0737 e. The second-order valence-corrected chi connectivity index (χ2v) is 2.33. The number of rotatable bonds is 1. The standard InChI is InChI=1S/C6H13NO2.C2H6/c1-7-5-4-9-3-2-6(5)8;1-2/h5-8H,2-4H2,1H3;1-2H3. The SMILES string of the molecule is CC.CNC1COCCC1O. The molecule has 1 fully saturated rings. The van der Waals surface area contributed by atoms with E-state index in [1.165, 1.54) is 0 Å². The van der Waals surface area contributed by atoms with Crippen LogP contribution in [0.1, 0.15) is 20.3 Å². The third kappa shape index (κ3) is 3.70. The van der Waals surface area contributed by atoms with Gasteiger partial charge in [0.05, 0.1) is 18.8 Å². The minimum Gasteiger partial charge on any atom is -0.391 e. The first-order valence-corrected chi connectivity index (χ1v) is 4.27. The molecule has 0 aliphatic carbocycles. The van der Waals surface area contributed by atoms with E-state index in [-0.39, 0.29) is 12.1 Å². The Balaban J connectivity index is 0.000000461. The Morgan fingerprint density at radius 3 is 2.45 bits per heavy atom. The zero-order valence-electron chi connectivity index (χ0n) is 7.63. The lowest BCUT2D eigenvalue weighted by Gasteiger charge is -2.26. The molecule has 1 saturated heterocycles. The molecule has 3 nitrogen and oxygen atoms in total. The van der Waals surface area contributed by atoms with Crippen molar-refractivity contribution >= 4 is 0 Å². The average Bonchev–Trinajstić information content (AvgIpc) is 2.09. The smallest absolute Gasteiger partial charge is 0.0737 e. The molecule has 0 aromatic carbocycles. The minimum atomic E-state index is -0.219. The van der Waals surface area contributed by atoms with Gasteiger partial charge in [0.25, 0.3) is 0 Å². The second-order valence-electron chi connectivity index (χ2n) is 2.33. The first-order valence-electron chi connectivity index (χ1n) is 4.27. The lowest BCUT2D eigenvalue weighted by atomic mass is 10.1. The van der Waals surface area contributed by atoms with E-state index >= 15 is 0 Å². The Labute approximate surface area is 68.8 Å². The van der Waals surface area contributed by atoms with E-state index in [9.17, 15) is 5.11 Å². The van der Waals surface area contributed by atoms with Crippen molar-refractivity contribution in [3.05, 3.63) is 0 Å². The Morgan fingerprint density at radius 2 is 2.09 bits per heavy atom. The lowest BCUT2D eigenvalue weighted by molar-refractivity contribution is -0.0130. The lowest BCUT2D eigenvalue weighted by Crippen LogP contribution is -2.45. The van der Waals surface area contributed by atoms with Gasteiger partial charge in [-0.05, 0) is 13.5 Å². The van der Waals surface area contributed by atoms with Crippen molar-refractivity contribution in [3.8, 4) is 0 Å². The van der Waals surface area contributed by atoms with Crippen molar-refractivity contribution in [1.82, 2.24) is 5.32 Å². The van der Waals surface area contributed by atoms with Gasteiger partial charge in [0.2, 0.25) is 0 Å². The summed E-state index contributed by atoms with van der Waals surface area (Å²) in [6.07, 6.45) is 0.537. The van der Waals surface area contributed by atoms with Crippen LogP contribution in [0.4, 0.5) is 0 Å². The summed E-state index contributed by atoms with van der Waals surface area (Å²) in [6.45, 7) is 5.33. The summed E-state index contributed by atoms with van der Waals surface area (Å²) in [6, 6.07) is 0.138. The number of aliphatic hydroxyl groups is 1. The van der Waals surface area contributed by atoms with Gasteiger partial charge in [-0.25, -0.2) is 0 Å². The van der Waals surface area contributed by atoms with E-state index < -0.39 is 0 Å². The fraction of sp³-hybridized carbons (Fsp3) is 1.00. The summed E-state index contributed by atoms with van der Waals surface area (Å²) in [7, 11) is 1.84. The number of ether oxygens (including phenoxy) is 1. The van der Waals surface area contributed by atoms with Crippen LogP contribution in [0.15, 0.2) is 0 Å². The van der Waals surface area contributed by atoms with Gasteiger partial charge in [-0.2, -0.15) is 0 Å². The minimum absolute atomic E-state index is 0.138. The van der Waals surface area contributed by atoms with Crippen LogP contribution in [0.5, 0.6) is 0 Å². The van der Waals surface area contributed by atoms with Crippen molar-refractivity contribution in [2.24, 2.45) is 0 Å². The Kier molecular flexibility index (Phi) is 6.51. The molecule has 0 radical (unpaired) electrons. The van der Waals surface area contributed by atoms with Gasteiger partial charge in [0, 0.05) is 6.61 Å². The van der Waals surface area contributed by atoms with Gasteiger partial charge in [0.15, 0.2) is 0 Å². The fourth-order valence-electron chi connectivity index (χ4n) is 1.00. The third-order valence-corrected chi connectivity index (χ3v) is 1.69. The molecule has 1 rings (SSSR count). The molecule has 11 heavy (non-hydrogen) atoms. The molecule has 0 saturated carbocycles. The van der Waals surface area contributed by atoms with Crippen molar-refractivity contribution < 1.29 is 9.84 Å². The third-order valence-electron chi connectivity index (χ3n) is 1.69. The molecule has 3 heteroatoms. The number of aliphatic hydroxyl groups excluding tert-OH is 1. The second kappa shape index (κ2) is 6.58. The molecule has 68 valence electrons. The molecule has 0 amide bonds. The van der Waals surface area contributed by atoms with E-state index in [2.05, 4.69) is 5.32 Å². The highest BCUT2D eigenvalue weighted by atomic mass is 16.5. The number of nitrogens with one attached hydrogen (secondary N) is 1. The molecular weight excluding hydrogens is 142 g/mol. The molecule has 2 atom stereocenters. The molecule has 0 spiro atoms. The van der Waals surface area contributed by atoms with Gasteiger partial charge in [-0.3, -0.25) is 0 Å². The molecule has 2 N–H and O–H groups in total. The zero-order valence-corrected chi connectivity index (χ0v) is 7.63. The maximum atomic E-state index is 9.23. The monoisotopic (exact) mass is 161 g/mol. The quantitative estimate of drug-likeness (QED) is 0.584. The molecule has 0 bridgehead atoms. The molecule has 1 aliphatic rings. The Morgan fingerprint density at radius 1 is 1.45 bits per heavy atom. The predicted molar refractivity (Wildman–Crippen MR) is 45.6 cm³/mol. The van der Waals surface area contributed by atoms with Gasteiger partial charge in [-0.15, -0.1) is 0 Å². The van der Waals surface area contributed by atoms with Gasteiger partial charge >= 0.3 is 0 Å². The number of likely N-dealkylation sites (N-methyl/N-ethyl adjacent to an activating group) is 1. The molecule has 0 aromatic rings. The van der Waals surface area contributed by atoms with E-state index in [1.54, 1.807) is 0 Å². The van der Waals surface area contributed by atoms with E-state index in [4.69, 9.17) is 4.74 Å². The summed E-state index contributed by atoms with van der Waals surface area (Å²) in [4.78, 5) is 0. The summed E-state index contributed by atoms with van der Waals surface area (Å²) >= 11 is 0. The van der Waals surface area contributed by atoms with Gasteiger partial charge in [0.1, 0.15) is 0 Å². The Bertz CT molecular complexity index is 88.2. The van der Waals surface area contributed by atoms with E-state index in [0.29, 0.717) is 13.2 Å². The van der Waals surface area contributed by atoms with Crippen LogP contribution in [0.2, 0.25) is 0 Å². The summed E-state index contributed by atoms with van der Waals surface area (Å²) in [5.74, 6) is 0. The molecule has 0 aromatic heterocycles. The predicted octanol–water partition coefficient (Wildman–Crippen LogP) is 0.382. The molecule has 2 unspecified atom stereocenters. The van der Waals surface area contributed by atoms with Crippen LogP contribution >= 0.6 is 0 Å². The fourth-order valence-corrected chi connectivity index (χ4v) is 1.00. The highest BCUT2D eigenvalue weighted by Crippen LogP contribution is 2.05. The average molecular weight is 161 g/mol.